The minimum Gasteiger partial charge on any atom is -0.497 e. The maximum Gasteiger partial charge on any atom is 0.127 e. The molecule has 0 aliphatic heterocycles. The van der Waals surface area contributed by atoms with E-state index in [0.29, 0.717) is 0 Å². The van der Waals surface area contributed by atoms with E-state index in [1.807, 2.05) is 167 Å². The predicted octanol–water partition coefficient (Wildman–Crippen LogP) is 10.6. The first-order valence-corrected chi connectivity index (χ1v) is 16.2. The van der Waals surface area contributed by atoms with Crippen LogP contribution >= 0.6 is 0 Å². The van der Waals surface area contributed by atoms with Crippen molar-refractivity contribution in [1.29, 1.82) is 0 Å². The highest BCUT2D eigenvalue weighted by molar-refractivity contribution is 5.49. The number of nitrogens with one attached hydrogen (secondary N) is 3. The van der Waals surface area contributed by atoms with Gasteiger partial charge in [0, 0.05) is 38.2 Å². The zero-order valence-electron chi connectivity index (χ0n) is 29.8. The Morgan fingerprint density at radius 3 is 0.569 bits per heavy atom. The van der Waals surface area contributed by atoms with Gasteiger partial charge in [0.2, 0.25) is 0 Å². The van der Waals surface area contributed by atoms with Crippen LogP contribution in [-0.2, 0) is 0 Å². The lowest BCUT2D eigenvalue weighted by Crippen LogP contribution is -1.89. The van der Waals surface area contributed by atoms with E-state index in [1.165, 1.54) is 0 Å². The fourth-order valence-electron chi connectivity index (χ4n) is 4.41. The molecule has 51 heavy (non-hydrogen) atoms. The Labute approximate surface area is 300 Å². The standard InChI is InChI=1S/C14H16N2O.C14H15NO2.C14H14O3/c1-15-11-3-7-13(8-4-11)17-14-9-5-12(16-2)6-10-14;1-15-11-3-5-13(6-4-11)17-14-9-7-12(16-2)8-10-14;1-15-11-3-7-13(8-4-11)17-14-9-5-12(16-2)6-10-14/h3-10,15-16H,1-2H3;3-10,15H,1-2H3;3-10H,1-2H3. The molecule has 3 N–H and O–H groups in total. The van der Waals surface area contributed by atoms with Gasteiger partial charge in [-0.3, -0.25) is 0 Å². The van der Waals surface area contributed by atoms with Crippen molar-refractivity contribution in [1.82, 2.24) is 0 Å². The second-order valence-electron chi connectivity index (χ2n) is 10.7. The maximum atomic E-state index is 5.72. The van der Waals surface area contributed by atoms with Gasteiger partial charge in [-0.1, -0.05) is 0 Å². The first-order valence-electron chi connectivity index (χ1n) is 16.2. The molecule has 0 fully saturated rings. The molecule has 0 aromatic heterocycles. The lowest BCUT2D eigenvalue weighted by atomic mass is 10.3. The predicted molar refractivity (Wildman–Crippen MR) is 207 cm³/mol. The van der Waals surface area contributed by atoms with Crippen molar-refractivity contribution in [2.75, 3.05) is 58.4 Å². The largest absolute Gasteiger partial charge is 0.497 e. The first kappa shape index (κ1) is 37.3. The van der Waals surface area contributed by atoms with Crippen LogP contribution in [0.2, 0.25) is 0 Å². The Balaban J connectivity index is 0.000000172. The van der Waals surface area contributed by atoms with E-state index in [1.54, 1.807) is 21.3 Å². The Morgan fingerprint density at radius 1 is 0.255 bits per heavy atom. The average Bonchev–Trinajstić information content (AvgIpc) is 3.20. The fraction of sp³-hybridized carbons (Fsp3) is 0.143. The van der Waals surface area contributed by atoms with Crippen molar-refractivity contribution in [3.05, 3.63) is 146 Å². The molecule has 6 rings (SSSR count). The van der Waals surface area contributed by atoms with Crippen LogP contribution in [0.4, 0.5) is 17.1 Å². The lowest BCUT2D eigenvalue weighted by Gasteiger charge is -2.07. The molecular formula is C42H45N3O6. The molecule has 0 bridgehead atoms. The smallest absolute Gasteiger partial charge is 0.127 e. The minimum absolute atomic E-state index is 0.774. The highest BCUT2D eigenvalue weighted by atomic mass is 16.5. The highest BCUT2D eigenvalue weighted by Crippen LogP contribution is 2.27. The third kappa shape index (κ3) is 12.5. The van der Waals surface area contributed by atoms with Gasteiger partial charge in [0.1, 0.15) is 51.7 Å². The first-order chi connectivity index (χ1) is 24.9. The number of anilines is 3. The van der Waals surface area contributed by atoms with Gasteiger partial charge in [0.05, 0.1) is 21.3 Å². The van der Waals surface area contributed by atoms with Crippen LogP contribution in [0.1, 0.15) is 0 Å². The number of ether oxygens (including phenoxy) is 6. The van der Waals surface area contributed by atoms with Crippen LogP contribution in [0.5, 0.6) is 51.7 Å². The molecule has 6 aromatic rings. The van der Waals surface area contributed by atoms with E-state index in [2.05, 4.69) is 16.0 Å². The molecule has 9 nitrogen and oxygen atoms in total. The van der Waals surface area contributed by atoms with Gasteiger partial charge in [-0.25, -0.2) is 0 Å². The molecular weight excluding hydrogens is 642 g/mol. The van der Waals surface area contributed by atoms with Gasteiger partial charge in [-0.15, -0.1) is 0 Å². The van der Waals surface area contributed by atoms with Crippen molar-refractivity contribution in [2.24, 2.45) is 0 Å². The van der Waals surface area contributed by atoms with Crippen LogP contribution in [-0.4, -0.2) is 42.5 Å². The summed E-state index contributed by atoms with van der Waals surface area (Å²) in [7, 11) is 10.6. The lowest BCUT2D eigenvalue weighted by molar-refractivity contribution is 0.411. The molecule has 0 amide bonds. The summed E-state index contributed by atoms with van der Waals surface area (Å²) in [5, 5.41) is 9.20. The normalized spacial score (nSPS) is 9.76. The zero-order chi connectivity index (χ0) is 36.3. The fourth-order valence-corrected chi connectivity index (χ4v) is 4.41. The van der Waals surface area contributed by atoms with Crippen LogP contribution in [0, 0.1) is 0 Å². The van der Waals surface area contributed by atoms with Crippen molar-refractivity contribution >= 4 is 17.1 Å². The van der Waals surface area contributed by atoms with Crippen molar-refractivity contribution in [2.45, 2.75) is 0 Å². The summed E-state index contributed by atoms with van der Waals surface area (Å²) in [6.07, 6.45) is 0. The summed E-state index contributed by atoms with van der Waals surface area (Å²) in [4.78, 5) is 0. The topological polar surface area (TPSA) is 91.5 Å². The minimum atomic E-state index is 0.774. The van der Waals surface area contributed by atoms with Gasteiger partial charge >= 0.3 is 0 Å². The highest BCUT2D eigenvalue weighted by Gasteiger charge is 2.01. The quantitative estimate of drug-likeness (QED) is 0.116. The van der Waals surface area contributed by atoms with Crippen molar-refractivity contribution in [3.63, 3.8) is 0 Å². The maximum absolute atomic E-state index is 5.72. The summed E-state index contributed by atoms with van der Waals surface area (Å²) in [5.74, 6) is 7.27. The number of benzene rings is 6. The number of rotatable bonds is 12. The Morgan fingerprint density at radius 2 is 0.412 bits per heavy atom. The molecule has 0 spiro atoms. The molecule has 0 unspecified atom stereocenters. The number of hydrogen-bond acceptors (Lipinski definition) is 9. The van der Waals surface area contributed by atoms with E-state index >= 15 is 0 Å². The molecule has 0 aliphatic carbocycles. The Kier molecular flexibility index (Phi) is 14.7. The summed E-state index contributed by atoms with van der Waals surface area (Å²) in [6, 6.07) is 45.9. The second-order valence-corrected chi connectivity index (χ2v) is 10.7. The van der Waals surface area contributed by atoms with Gasteiger partial charge in [-0.2, -0.15) is 0 Å². The van der Waals surface area contributed by atoms with E-state index in [-0.39, 0.29) is 0 Å². The molecule has 0 aliphatic rings. The van der Waals surface area contributed by atoms with E-state index in [9.17, 15) is 0 Å². The van der Waals surface area contributed by atoms with Crippen LogP contribution < -0.4 is 44.4 Å². The zero-order valence-corrected chi connectivity index (χ0v) is 29.8. The van der Waals surface area contributed by atoms with Gasteiger partial charge < -0.3 is 44.4 Å². The number of methoxy groups -OCH3 is 3. The van der Waals surface area contributed by atoms with Crippen LogP contribution in [0.3, 0.4) is 0 Å². The molecule has 0 atom stereocenters. The monoisotopic (exact) mass is 687 g/mol. The molecule has 6 aromatic carbocycles. The summed E-state index contributed by atoms with van der Waals surface area (Å²) in [5.41, 5.74) is 3.21. The second kappa shape index (κ2) is 20.1. The average molecular weight is 688 g/mol. The van der Waals surface area contributed by atoms with Crippen LogP contribution in [0.15, 0.2) is 146 Å². The third-order valence-electron chi connectivity index (χ3n) is 7.31. The van der Waals surface area contributed by atoms with E-state index in [4.69, 9.17) is 28.4 Å². The van der Waals surface area contributed by atoms with Crippen molar-refractivity contribution in [3.8, 4) is 51.7 Å². The Bertz CT molecular complexity index is 1470. The van der Waals surface area contributed by atoms with E-state index < -0.39 is 0 Å². The van der Waals surface area contributed by atoms with Crippen LogP contribution in [0.25, 0.3) is 0 Å². The third-order valence-corrected chi connectivity index (χ3v) is 7.31. The molecule has 0 radical (unpaired) electrons. The summed E-state index contributed by atoms with van der Waals surface area (Å²) in [6.45, 7) is 0. The summed E-state index contributed by atoms with van der Waals surface area (Å²) < 4.78 is 32.3. The molecule has 0 saturated carbocycles. The summed E-state index contributed by atoms with van der Waals surface area (Å²) >= 11 is 0. The number of hydrogen-bond donors (Lipinski definition) is 3. The SMILES string of the molecule is CNc1ccc(Oc2ccc(NC)cc2)cc1.CNc1ccc(Oc2ccc(OC)cc2)cc1.COc1ccc(Oc2ccc(OC)cc2)cc1. The molecule has 0 saturated heterocycles. The van der Waals surface area contributed by atoms with Crippen molar-refractivity contribution < 1.29 is 28.4 Å². The molecule has 9 heteroatoms. The van der Waals surface area contributed by atoms with Gasteiger partial charge in [-0.05, 0) is 146 Å². The Hall–Kier alpha value is -6.48. The molecule has 0 heterocycles. The molecule has 264 valence electrons. The van der Waals surface area contributed by atoms with Gasteiger partial charge in [0.25, 0.3) is 0 Å². The van der Waals surface area contributed by atoms with E-state index in [0.717, 1.165) is 68.8 Å². The van der Waals surface area contributed by atoms with Gasteiger partial charge in [0.15, 0.2) is 0 Å².